The standard InChI is InChI=1S/C15H24OS/c1-13(2)12-16-10-8-14-4-6-15(7-5-14)9-11-17-3/h4-7,13H,8-12H2,1-3H3. The third kappa shape index (κ3) is 6.75. The van der Waals surface area contributed by atoms with Crippen molar-refractivity contribution in [1.29, 1.82) is 0 Å². The minimum Gasteiger partial charge on any atom is -0.381 e. The van der Waals surface area contributed by atoms with Gasteiger partial charge in [0, 0.05) is 6.61 Å². The molecule has 0 atom stereocenters. The van der Waals surface area contributed by atoms with Crippen molar-refractivity contribution >= 4 is 11.8 Å². The van der Waals surface area contributed by atoms with Crippen LogP contribution in [0.4, 0.5) is 0 Å². The molecule has 0 saturated carbocycles. The van der Waals surface area contributed by atoms with Crippen molar-refractivity contribution in [3.63, 3.8) is 0 Å². The molecule has 0 heterocycles. The van der Waals surface area contributed by atoms with E-state index in [2.05, 4.69) is 44.4 Å². The Hall–Kier alpha value is -0.470. The molecule has 0 aliphatic carbocycles. The highest BCUT2D eigenvalue weighted by molar-refractivity contribution is 7.98. The Morgan fingerprint density at radius 2 is 1.65 bits per heavy atom. The van der Waals surface area contributed by atoms with Crippen LogP contribution in [0, 0.1) is 5.92 Å². The zero-order valence-corrected chi connectivity index (χ0v) is 12.1. The first-order valence-electron chi connectivity index (χ1n) is 6.37. The van der Waals surface area contributed by atoms with Gasteiger partial charge in [-0.1, -0.05) is 38.1 Å². The predicted molar refractivity (Wildman–Crippen MR) is 77.9 cm³/mol. The molecule has 17 heavy (non-hydrogen) atoms. The van der Waals surface area contributed by atoms with Gasteiger partial charge in [-0.05, 0) is 41.9 Å². The minimum atomic E-state index is 0.629. The Balaban J connectivity index is 2.25. The van der Waals surface area contributed by atoms with Crippen molar-refractivity contribution in [2.24, 2.45) is 5.92 Å². The van der Waals surface area contributed by atoms with E-state index in [-0.39, 0.29) is 0 Å². The SMILES string of the molecule is CSCCc1ccc(CCOCC(C)C)cc1. The maximum absolute atomic E-state index is 5.59. The van der Waals surface area contributed by atoms with Crippen LogP contribution in [0.2, 0.25) is 0 Å². The van der Waals surface area contributed by atoms with Crippen molar-refractivity contribution < 1.29 is 4.74 Å². The van der Waals surface area contributed by atoms with Crippen LogP contribution in [-0.2, 0) is 17.6 Å². The largest absolute Gasteiger partial charge is 0.381 e. The topological polar surface area (TPSA) is 9.23 Å². The Morgan fingerprint density at radius 3 is 2.18 bits per heavy atom. The molecule has 0 N–H and O–H groups in total. The van der Waals surface area contributed by atoms with Crippen LogP contribution in [0.3, 0.4) is 0 Å². The van der Waals surface area contributed by atoms with Gasteiger partial charge >= 0.3 is 0 Å². The van der Waals surface area contributed by atoms with Crippen LogP contribution in [0.5, 0.6) is 0 Å². The number of hydrogen-bond donors (Lipinski definition) is 0. The summed E-state index contributed by atoms with van der Waals surface area (Å²) in [6.07, 6.45) is 4.35. The molecule has 0 radical (unpaired) electrons. The summed E-state index contributed by atoms with van der Waals surface area (Å²) < 4.78 is 5.59. The summed E-state index contributed by atoms with van der Waals surface area (Å²) in [5, 5.41) is 0. The average molecular weight is 252 g/mol. The smallest absolute Gasteiger partial charge is 0.0506 e. The first-order valence-corrected chi connectivity index (χ1v) is 7.76. The van der Waals surface area contributed by atoms with Crippen LogP contribution >= 0.6 is 11.8 Å². The number of benzene rings is 1. The van der Waals surface area contributed by atoms with Crippen LogP contribution in [0.15, 0.2) is 24.3 Å². The van der Waals surface area contributed by atoms with Gasteiger partial charge in [0.25, 0.3) is 0 Å². The average Bonchev–Trinajstić information content (AvgIpc) is 2.33. The summed E-state index contributed by atoms with van der Waals surface area (Å²) in [6, 6.07) is 8.95. The van der Waals surface area contributed by atoms with E-state index in [0.717, 1.165) is 19.6 Å². The maximum atomic E-state index is 5.59. The molecule has 1 rings (SSSR count). The molecule has 0 aliphatic heterocycles. The lowest BCUT2D eigenvalue weighted by atomic mass is 10.1. The van der Waals surface area contributed by atoms with Crippen LogP contribution < -0.4 is 0 Å². The second kappa shape index (κ2) is 8.60. The first-order chi connectivity index (χ1) is 8.22. The summed E-state index contributed by atoms with van der Waals surface area (Å²) in [4.78, 5) is 0. The van der Waals surface area contributed by atoms with E-state index in [9.17, 15) is 0 Å². The van der Waals surface area contributed by atoms with E-state index in [0.29, 0.717) is 5.92 Å². The van der Waals surface area contributed by atoms with Crippen molar-refractivity contribution in [3.8, 4) is 0 Å². The number of hydrogen-bond acceptors (Lipinski definition) is 2. The summed E-state index contributed by atoms with van der Waals surface area (Å²) in [5.41, 5.74) is 2.81. The molecule has 1 nitrogen and oxygen atoms in total. The fraction of sp³-hybridized carbons (Fsp3) is 0.600. The third-order valence-electron chi connectivity index (χ3n) is 2.60. The Bertz CT molecular complexity index is 292. The quantitative estimate of drug-likeness (QED) is 0.651. The summed E-state index contributed by atoms with van der Waals surface area (Å²) in [6.45, 7) is 6.06. The molecule has 0 amide bonds. The molecule has 1 aromatic carbocycles. The zero-order valence-electron chi connectivity index (χ0n) is 11.2. The fourth-order valence-electron chi connectivity index (χ4n) is 1.60. The Labute approximate surface area is 110 Å². The highest BCUT2D eigenvalue weighted by atomic mass is 32.2. The molecular formula is C15H24OS. The molecule has 1 aromatic rings. The van der Waals surface area contributed by atoms with Gasteiger partial charge in [0.2, 0.25) is 0 Å². The molecular weight excluding hydrogens is 228 g/mol. The number of ether oxygens (including phenoxy) is 1. The van der Waals surface area contributed by atoms with E-state index < -0.39 is 0 Å². The van der Waals surface area contributed by atoms with Gasteiger partial charge < -0.3 is 4.74 Å². The second-order valence-corrected chi connectivity index (χ2v) is 5.76. The third-order valence-corrected chi connectivity index (χ3v) is 3.22. The summed E-state index contributed by atoms with van der Waals surface area (Å²) in [7, 11) is 0. The summed E-state index contributed by atoms with van der Waals surface area (Å²) in [5.74, 6) is 1.83. The molecule has 0 aliphatic rings. The van der Waals surface area contributed by atoms with E-state index in [1.807, 2.05) is 11.8 Å². The molecule has 0 saturated heterocycles. The lowest BCUT2D eigenvalue weighted by Gasteiger charge is -2.07. The molecule has 0 aromatic heterocycles. The lowest BCUT2D eigenvalue weighted by molar-refractivity contribution is 0.112. The fourth-order valence-corrected chi connectivity index (χ4v) is 2.04. The highest BCUT2D eigenvalue weighted by Crippen LogP contribution is 2.08. The first kappa shape index (κ1) is 14.6. The Kier molecular flexibility index (Phi) is 7.38. The van der Waals surface area contributed by atoms with E-state index in [4.69, 9.17) is 4.74 Å². The van der Waals surface area contributed by atoms with E-state index in [1.165, 1.54) is 23.3 Å². The van der Waals surface area contributed by atoms with Crippen LogP contribution in [-0.4, -0.2) is 25.2 Å². The van der Waals surface area contributed by atoms with Gasteiger partial charge in [-0.15, -0.1) is 0 Å². The van der Waals surface area contributed by atoms with Crippen molar-refractivity contribution in [3.05, 3.63) is 35.4 Å². The monoisotopic (exact) mass is 252 g/mol. The minimum absolute atomic E-state index is 0.629. The van der Waals surface area contributed by atoms with Gasteiger partial charge in [-0.25, -0.2) is 0 Å². The highest BCUT2D eigenvalue weighted by Gasteiger charge is 1.97. The Morgan fingerprint density at radius 1 is 1.06 bits per heavy atom. The number of rotatable bonds is 8. The molecule has 2 heteroatoms. The molecule has 0 spiro atoms. The van der Waals surface area contributed by atoms with Crippen molar-refractivity contribution in [1.82, 2.24) is 0 Å². The van der Waals surface area contributed by atoms with E-state index >= 15 is 0 Å². The molecule has 0 fully saturated rings. The number of thioether (sulfide) groups is 1. The molecule has 0 unspecified atom stereocenters. The maximum Gasteiger partial charge on any atom is 0.0506 e. The van der Waals surface area contributed by atoms with Crippen molar-refractivity contribution in [2.45, 2.75) is 26.7 Å². The van der Waals surface area contributed by atoms with Gasteiger partial charge in [0.05, 0.1) is 6.61 Å². The van der Waals surface area contributed by atoms with Gasteiger partial charge in [0.15, 0.2) is 0 Å². The van der Waals surface area contributed by atoms with Crippen LogP contribution in [0.1, 0.15) is 25.0 Å². The molecule has 96 valence electrons. The van der Waals surface area contributed by atoms with Gasteiger partial charge in [-0.3, -0.25) is 0 Å². The van der Waals surface area contributed by atoms with E-state index in [1.54, 1.807) is 0 Å². The lowest BCUT2D eigenvalue weighted by Crippen LogP contribution is -2.05. The van der Waals surface area contributed by atoms with Gasteiger partial charge in [-0.2, -0.15) is 11.8 Å². The number of aryl methyl sites for hydroxylation is 1. The van der Waals surface area contributed by atoms with Crippen molar-refractivity contribution in [2.75, 3.05) is 25.2 Å². The second-order valence-electron chi connectivity index (χ2n) is 4.78. The summed E-state index contributed by atoms with van der Waals surface area (Å²) >= 11 is 1.90. The predicted octanol–water partition coefficient (Wildman–Crippen LogP) is 3.81. The zero-order chi connectivity index (χ0) is 12.5. The normalized spacial score (nSPS) is 11.1. The van der Waals surface area contributed by atoms with Crippen LogP contribution in [0.25, 0.3) is 0 Å². The molecule has 0 bridgehead atoms. The van der Waals surface area contributed by atoms with Gasteiger partial charge in [0.1, 0.15) is 0 Å².